The topological polar surface area (TPSA) is 49.8 Å². The Morgan fingerprint density at radius 3 is 3.00 bits per heavy atom. The first kappa shape index (κ1) is 14.8. The van der Waals surface area contributed by atoms with Crippen LogP contribution in [0.5, 0.6) is 5.75 Å². The molecule has 3 aliphatic rings. The zero-order valence-electron chi connectivity index (χ0n) is 13.7. The normalized spacial score (nSPS) is 35.9. The number of aromatic hydroxyl groups is 1. The predicted octanol–water partition coefficient (Wildman–Crippen LogP) is 2.40. The number of benzene rings is 1. The van der Waals surface area contributed by atoms with Crippen LogP contribution in [0.1, 0.15) is 31.4 Å². The zero-order chi connectivity index (χ0) is 16.2. The van der Waals surface area contributed by atoms with Crippen molar-refractivity contribution in [3.05, 3.63) is 41.5 Å². The number of hydrogen-bond donors (Lipinski definition) is 1. The summed E-state index contributed by atoms with van der Waals surface area (Å²) in [6.45, 7) is 6.43. The van der Waals surface area contributed by atoms with Crippen LogP contribution in [0.3, 0.4) is 0 Å². The highest BCUT2D eigenvalue weighted by atomic mass is 16.5. The summed E-state index contributed by atoms with van der Waals surface area (Å²) in [7, 11) is 0. The Hall–Kier alpha value is -1.81. The summed E-state index contributed by atoms with van der Waals surface area (Å²) in [4.78, 5) is 13.8. The molecule has 0 unspecified atom stereocenters. The minimum absolute atomic E-state index is 0.107. The number of esters is 1. The number of cyclic esters (lactones) is 1. The lowest BCUT2D eigenvalue weighted by Gasteiger charge is -2.54. The van der Waals surface area contributed by atoms with E-state index in [1.54, 1.807) is 6.07 Å². The second kappa shape index (κ2) is 5.10. The number of fused-ring (bicyclic) bond motifs is 4. The highest BCUT2D eigenvalue weighted by Gasteiger charge is 2.48. The Bertz CT molecular complexity index is 683. The Kier molecular flexibility index (Phi) is 3.27. The molecule has 1 aliphatic carbocycles. The molecular formula is C19H23NO3. The van der Waals surface area contributed by atoms with Crippen molar-refractivity contribution in [2.75, 3.05) is 13.1 Å². The van der Waals surface area contributed by atoms with Crippen molar-refractivity contribution >= 4 is 5.97 Å². The van der Waals surface area contributed by atoms with Gasteiger partial charge in [0.1, 0.15) is 11.9 Å². The average Bonchev–Trinajstić information content (AvgIpc) is 2.92. The van der Waals surface area contributed by atoms with E-state index in [2.05, 4.69) is 24.8 Å². The molecule has 23 heavy (non-hydrogen) atoms. The third-order valence-electron chi connectivity index (χ3n) is 6.24. The van der Waals surface area contributed by atoms with Crippen LogP contribution in [0.4, 0.5) is 0 Å². The number of rotatable bonds is 2. The van der Waals surface area contributed by atoms with E-state index in [-0.39, 0.29) is 17.5 Å². The first-order valence-electron chi connectivity index (χ1n) is 8.42. The molecule has 4 atom stereocenters. The van der Waals surface area contributed by atoms with Gasteiger partial charge in [0.05, 0.1) is 0 Å². The van der Waals surface area contributed by atoms with Crippen molar-refractivity contribution in [1.82, 2.24) is 4.90 Å². The van der Waals surface area contributed by atoms with Crippen LogP contribution in [0.25, 0.3) is 0 Å². The molecule has 0 saturated carbocycles. The molecule has 4 nitrogen and oxygen atoms in total. The molecule has 1 aromatic rings. The van der Waals surface area contributed by atoms with Gasteiger partial charge in [-0.2, -0.15) is 0 Å². The third-order valence-corrected chi connectivity index (χ3v) is 6.24. The van der Waals surface area contributed by atoms with Crippen LogP contribution in [-0.4, -0.2) is 41.2 Å². The summed E-state index contributed by atoms with van der Waals surface area (Å²) in [5.41, 5.74) is 2.76. The van der Waals surface area contributed by atoms with E-state index in [0.29, 0.717) is 17.7 Å². The van der Waals surface area contributed by atoms with Gasteiger partial charge in [0.25, 0.3) is 0 Å². The van der Waals surface area contributed by atoms with E-state index < -0.39 is 0 Å². The smallest absolute Gasteiger partial charge is 0.331 e. The molecule has 2 heterocycles. The molecular weight excluding hydrogens is 290 g/mol. The van der Waals surface area contributed by atoms with Crippen LogP contribution >= 0.6 is 0 Å². The Morgan fingerprint density at radius 1 is 1.43 bits per heavy atom. The quantitative estimate of drug-likeness (QED) is 0.852. The summed E-state index contributed by atoms with van der Waals surface area (Å²) in [5, 5.41) is 9.89. The number of carbonyl (C=O) groups is 1. The van der Waals surface area contributed by atoms with Crippen molar-refractivity contribution in [3.63, 3.8) is 0 Å². The number of hydrogen-bond acceptors (Lipinski definition) is 4. The molecule has 0 spiro atoms. The van der Waals surface area contributed by atoms with E-state index in [9.17, 15) is 9.90 Å². The van der Waals surface area contributed by atoms with Gasteiger partial charge in [0.2, 0.25) is 0 Å². The van der Waals surface area contributed by atoms with Gasteiger partial charge in [0, 0.05) is 18.7 Å². The van der Waals surface area contributed by atoms with E-state index in [1.165, 1.54) is 17.2 Å². The molecule has 122 valence electrons. The van der Waals surface area contributed by atoms with Crippen molar-refractivity contribution in [2.24, 2.45) is 5.92 Å². The molecule has 0 radical (unpaired) electrons. The van der Waals surface area contributed by atoms with Gasteiger partial charge >= 0.3 is 5.97 Å². The van der Waals surface area contributed by atoms with Crippen molar-refractivity contribution in [3.8, 4) is 5.75 Å². The molecule has 0 amide bonds. The first-order valence-corrected chi connectivity index (χ1v) is 8.42. The lowest BCUT2D eigenvalue weighted by molar-refractivity contribution is -0.140. The number of likely N-dealkylation sites (tertiary alicyclic amines) is 1. The van der Waals surface area contributed by atoms with Gasteiger partial charge in [0.15, 0.2) is 0 Å². The van der Waals surface area contributed by atoms with Crippen LogP contribution in [-0.2, 0) is 21.4 Å². The standard InChI is InChI=1S/C19H23NO3/c1-12-17-9-13-3-4-14(21)10-16(13)19(12,2)7-8-20(17)11-15-5-6-18(22)23-15/h3-6,10,12,15,17,21H,7-9,11H2,1-2H3/t12-,15+,17+,19+/m0/s1. The average molecular weight is 313 g/mol. The largest absolute Gasteiger partial charge is 0.508 e. The fraction of sp³-hybridized carbons (Fsp3) is 0.526. The number of phenols is 1. The Morgan fingerprint density at radius 2 is 2.26 bits per heavy atom. The molecule has 1 saturated heterocycles. The second-order valence-electron chi connectivity index (χ2n) is 7.40. The summed E-state index contributed by atoms with van der Waals surface area (Å²) < 4.78 is 5.32. The maximum Gasteiger partial charge on any atom is 0.331 e. The number of ether oxygens (including phenoxy) is 1. The minimum Gasteiger partial charge on any atom is -0.508 e. The number of nitrogens with zero attached hydrogens (tertiary/aromatic N) is 1. The fourth-order valence-electron chi connectivity index (χ4n) is 4.67. The molecule has 2 aliphatic heterocycles. The molecule has 4 heteroatoms. The van der Waals surface area contributed by atoms with E-state index in [0.717, 1.165) is 25.9 Å². The molecule has 1 aromatic carbocycles. The summed E-state index contributed by atoms with van der Waals surface area (Å²) in [6, 6.07) is 6.28. The lowest BCUT2D eigenvalue weighted by Crippen LogP contribution is -2.59. The van der Waals surface area contributed by atoms with E-state index in [4.69, 9.17) is 4.74 Å². The monoisotopic (exact) mass is 313 g/mol. The highest BCUT2D eigenvalue weighted by Crippen LogP contribution is 2.49. The van der Waals surface area contributed by atoms with Gasteiger partial charge in [-0.15, -0.1) is 0 Å². The van der Waals surface area contributed by atoms with Gasteiger partial charge in [-0.1, -0.05) is 19.9 Å². The number of piperidine rings is 1. The zero-order valence-corrected chi connectivity index (χ0v) is 13.7. The molecule has 1 fully saturated rings. The maximum atomic E-state index is 11.3. The molecule has 0 aromatic heterocycles. The maximum absolute atomic E-state index is 11.3. The lowest BCUT2D eigenvalue weighted by atomic mass is 9.59. The molecule has 1 N–H and O–H groups in total. The summed E-state index contributed by atoms with van der Waals surface area (Å²) in [6.07, 6.45) is 5.35. The SMILES string of the molecule is C[C@H]1[C@H]2Cc3ccc(O)cc3[C@]1(C)CCN2C[C@H]1C=CC(=O)O1. The van der Waals surface area contributed by atoms with Crippen molar-refractivity contribution < 1.29 is 14.6 Å². The Balaban J connectivity index is 1.62. The van der Waals surface area contributed by atoms with Crippen molar-refractivity contribution in [2.45, 2.75) is 44.2 Å². The van der Waals surface area contributed by atoms with Crippen LogP contribution in [0.15, 0.2) is 30.4 Å². The minimum atomic E-state index is -0.227. The van der Waals surface area contributed by atoms with Crippen LogP contribution in [0.2, 0.25) is 0 Å². The summed E-state index contributed by atoms with van der Waals surface area (Å²) in [5.74, 6) is 0.641. The Labute approximate surface area is 136 Å². The van der Waals surface area contributed by atoms with Crippen LogP contribution < -0.4 is 0 Å². The van der Waals surface area contributed by atoms with Gasteiger partial charge in [-0.25, -0.2) is 4.79 Å². The van der Waals surface area contributed by atoms with Gasteiger partial charge in [-0.3, -0.25) is 4.90 Å². The second-order valence-corrected chi connectivity index (χ2v) is 7.40. The molecule has 2 bridgehead atoms. The highest BCUT2D eigenvalue weighted by molar-refractivity contribution is 5.84. The predicted molar refractivity (Wildman–Crippen MR) is 87.3 cm³/mol. The number of carbonyl (C=O) groups excluding carboxylic acids is 1. The van der Waals surface area contributed by atoms with E-state index in [1.807, 2.05) is 12.1 Å². The van der Waals surface area contributed by atoms with Gasteiger partial charge in [-0.05, 0) is 60.1 Å². The van der Waals surface area contributed by atoms with E-state index >= 15 is 0 Å². The number of phenolic OH excluding ortho intramolecular Hbond substituents is 1. The summed E-state index contributed by atoms with van der Waals surface area (Å²) >= 11 is 0. The molecule has 4 rings (SSSR count). The first-order chi connectivity index (χ1) is 11.0. The van der Waals surface area contributed by atoms with Crippen molar-refractivity contribution in [1.29, 1.82) is 0 Å². The fourth-order valence-corrected chi connectivity index (χ4v) is 4.67. The van der Waals surface area contributed by atoms with Gasteiger partial charge < -0.3 is 9.84 Å². The van der Waals surface area contributed by atoms with Crippen LogP contribution in [0, 0.1) is 5.92 Å². The third kappa shape index (κ3) is 2.27.